The van der Waals surface area contributed by atoms with Crippen molar-refractivity contribution in [1.29, 1.82) is 0 Å². The van der Waals surface area contributed by atoms with Gasteiger partial charge in [0.2, 0.25) is 0 Å². The number of carbonyl (C=O) groups is 1. The van der Waals surface area contributed by atoms with Crippen LogP contribution in [0, 0.1) is 0 Å². The Morgan fingerprint density at radius 3 is 2.90 bits per heavy atom. The molecule has 0 amide bonds. The second kappa shape index (κ2) is 6.29. The summed E-state index contributed by atoms with van der Waals surface area (Å²) in [5.41, 5.74) is 1.07. The van der Waals surface area contributed by atoms with Gasteiger partial charge in [0, 0.05) is 26.8 Å². The van der Waals surface area contributed by atoms with Crippen LogP contribution in [0.15, 0.2) is 12.5 Å². The number of aryl methyl sites for hydroxylation is 2. The number of hydrogen-bond acceptors (Lipinski definition) is 5. The molecule has 20 heavy (non-hydrogen) atoms. The van der Waals surface area contributed by atoms with Gasteiger partial charge in [0.15, 0.2) is 5.69 Å². The zero-order valence-electron chi connectivity index (χ0n) is 11.5. The second-order valence-corrected chi connectivity index (χ2v) is 4.26. The zero-order valence-corrected chi connectivity index (χ0v) is 11.5. The van der Waals surface area contributed by atoms with Crippen molar-refractivity contribution in [3.05, 3.63) is 18.2 Å². The van der Waals surface area contributed by atoms with E-state index in [0.717, 1.165) is 6.42 Å². The van der Waals surface area contributed by atoms with E-state index in [9.17, 15) is 9.90 Å². The Hall–Kier alpha value is -2.22. The Bertz CT molecular complexity index is 590. The van der Waals surface area contributed by atoms with Gasteiger partial charge in [-0.3, -0.25) is 0 Å². The summed E-state index contributed by atoms with van der Waals surface area (Å²) in [6.45, 7) is 3.73. The molecular weight excluding hydrogens is 262 g/mol. The molecule has 108 valence electrons. The summed E-state index contributed by atoms with van der Waals surface area (Å²) in [5, 5.41) is 16.9. The van der Waals surface area contributed by atoms with Gasteiger partial charge in [0.1, 0.15) is 5.69 Å². The molecule has 1 N–H and O–H groups in total. The largest absolute Gasteiger partial charge is 0.476 e. The number of ether oxygens (including phenoxy) is 1. The molecule has 0 bridgehead atoms. The summed E-state index contributed by atoms with van der Waals surface area (Å²) in [4.78, 5) is 15.3. The van der Waals surface area contributed by atoms with E-state index in [2.05, 4.69) is 15.3 Å². The third kappa shape index (κ3) is 2.85. The Labute approximate surface area is 116 Å². The van der Waals surface area contributed by atoms with Gasteiger partial charge in [-0.25, -0.2) is 14.5 Å². The summed E-state index contributed by atoms with van der Waals surface area (Å²) in [5.74, 6) is -1.10. The number of imidazole rings is 1. The third-order valence-electron chi connectivity index (χ3n) is 2.86. The van der Waals surface area contributed by atoms with Gasteiger partial charge >= 0.3 is 5.97 Å². The number of aromatic carboxylic acids is 1. The van der Waals surface area contributed by atoms with Crippen molar-refractivity contribution < 1.29 is 14.6 Å². The van der Waals surface area contributed by atoms with Crippen LogP contribution in [0.4, 0.5) is 0 Å². The predicted octanol–water partition coefficient (Wildman–Crippen LogP) is 0.803. The van der Waals surface area contributed by atoms with E-state index in [0.29, 0.717) is 31.1 Å². The fourth-order valence-electron chi connectivity index (χ4n) is 1.91. The van der Waals surface area contributed by atoms with Crippen LogP contribution in [0.5, 0.6) is 0 Å². The van der Waals surface area contributed by atoms with Crippen LogP contribution in [-0.2, 0) is 18.3 Å². The van der Waals surface area contributed by atoms with Crippen LogP contribution in [0.25, 0.3) is 11.4 Å². The molecule has 0 unspecified atom stereocenters. The van der Waals surface area contributed by atoms with Gasteiger partial charge in [-0.05, 0) is 13.3 Å². The SMILES string of the molecule is CCOCCCn1nnc(C(=O)O)c1-c1cncn1C. The van der Waals surface area contributed by atoms with Gasteiger partial charge < -0.3 is 14.4 Å². The summed E-state index contributed by atoms with van der Waals surface area (Å²) in [7, 11) is 1.80. The highest BCUT2D eigenvalue weighted by Crippen LogP contribution is 2.21. The molecule has 2 aromatic heterocycles. The lowest BCUT2D eigenvalue weighted by atomic mass is 10.2. The van der Waals surface area contributed by atoms with Gasteiger partial charge in [-0.1, -0.05) is 5.21 Å². The molecule has 0 aromatic carbocycles. The average molecular weight is 279 g/mol. The minimum Gasteiger partial charge on any atom is -0.476 e. The van der Waals surface area contributed by atoms with Crippen LogP contribution in [-0.4, -0.2) is 48.8 Å². The lowest BCUT2D eigenvalue weighted by Gasteiger charge is -2.07. The van der Waals surface area contributed by atoms with E-state index in [1.54, 1.807) is 28.8 Å². The van der Waals surface area contributed by atoms with Crippen LogP contribution in [0.1, 0.15) is 23.8 Å². The first kappa shape index (κ1) is 14.2. The highest BCUT2D eigenvalue weighted by atomic mass is 16.5. The average Bonchev–Trinajstić information content (AvgIpc) is 3.00. The number of aromatic nitrogens is 5. The maximum atomic E-state index is 11.2. The van der Waals surface area contributed by atoms with E-state index in [1.807, 2.05) is 6.92 Å². The first-order valence-electron chi connectivity index (χ1n) is 6.36. The van der Waals surface area contributed by atoms with Crippen molar-refractivity contribution in [3.8, 4) is 11.4 Å². The molecular formula is C12H17N5O3. The van der Waals surface area contributed by atoms with E-state index in [1.165, 1.54) is 0 Å². The van der Waals surface area contributed by atoms with Gasteiger partial charge in [0.05, 0.1) is 18.2 Å². The number of hydrogen-bond donors (Lipinski definition) is 1. The minimum absolute atomic E-state index is 0.0648. The van der Waals surface area contributed by atoms with E-state index in [-0.39, 0.29) is 5.69 Å². The summed E-state index contributed by atoms with van der Waals surface area (Å²) in [6, 6.07) is 0. The van der Waals surface area contributed by atoms with Crippen LogP contribution < -0.4 is 0 Å². The van der Waals surface area contributed by atoms with Crippen molar-refractivity contribution in [3.63, 3.8) is 0 Å². The molecule has 0 aliphatic heterocycles. The van der Waals surface area contributed by atoms with Crippen molar-refractivity contribution in [1.82, 2.24) is 24.5 Å². The van der Waals surface area contributed by atoms with Crippen molar-refractivity contribution in [2.24, 2.45) is 7.05 Å². The topological polar surface area (TPSA) is 95.1 Å². The molecule has 8 heteroatoms. The van der Waals surface area contributed by atoms with Crippen LogP contribution >= 0.6 is 0 Å². The molecule has 2 aromatic rings. The molecule has 2 rings (SSSR count). The van der Waals surface area contributed by atoms with Crippen molar-refractivity contribution in [2.75, 3.05) is 13.2 Å². The maximum absolute atomic E-state index is 11.2. The number of nitrogens with zero attached hydrogens (tertiary/aromatic N) is 5. The molecule has 0 saturated carbocycles. The summed E-state index contributed by atoms with van der Waals surface area (Å²) < 4.78 is 8.59. The lowest BCUT2D eigenvalue weighted by Crippen LogP contribution is -2.09. The molecule has 8 nitrogen and oxygen atoms in total. The molecule has 0 aliphatic carbocycles. The molecule has 0 aliphatic rings. The molecule has 0 fully saturated rings. The Kier molecular flexibility index (Phi) is 4.46. The Morgan fingerprint density at radius 2 is 2.30 bits per heavy atom. The molecule has 2 heterocycles. The third-order valence-corrected chi connectivity index (χ3v) is 2.86. The van der Waals surface area contributed by atoms with Crippen molar-refractivity contribution in [2.45, 2.75) is 19.9 Å². The van der Waals surface area contributed by atoms with Gasteiger partial charge in [-0.2, -0.15) is 0 Å². The highest BCUT2D eigenvalue weighted by molar-refractivity contribution is 5.92. The number of carboxylic acids is 1. The zero-order chi connectivity index (χ0) is 14.5. The fourth-order valence-corrected chi connectivity index (χ4v) is 1.91. The molecule has 0 atom stereocenters. The first-order chi connectivity index (χ1) is 9.65. The Morgan fingerprint density at radius 1 is 1.50 bits per heavy atom. The monoisotopic (exact) mass is 279 g/mol. The maximum Gasteiger partial charge on any atom is 0.358 e. The molecule has 0 radical (unpaired) electrons. The number of carboxylic acid groups (broad SMARTS) is 1. The molecule has 0 saturated heterocycles. The lowest BCUT2D eigenvalue weighted by molar-refractivity contribution is 0.0691. The van der Waals surface area contributed by atoms with E-state index in [4.69, 9.17) is 4.74 Å². The van der Waals surface area contributed by atoms with Crippen molar-refractivity contribution >= 4 is 5.97 Å². The predicted molar refractivity (Wildman–Crippen MR) is 70.3 cm³/mol. The first-order valence-corrected chi connectivity index (χ1v) is 6.36. The van der Waals surface area contributed by atoms with Crippen LogP contribution in [0.3, 0.4) is 0 Å². The molecule has 0 spiro atoms. The van der Waals surface area contributed by atoms with E-state index < -0.39 is 5.97 Å². The Balaban J connectivity index is 2.29. The fraction of sp³-hybridized carbons (Fsp3) is 0.500. The standard InChI is InChI=1S/C12H17N5O3/c1-3-20-6-4-5-17-11(9-7-13-8-16(9)2)10(12(18)19)14-15-17/h7-8H,3-6H2,1-2H3,(H,18,19). The van der Waals surface area contributed by atoms with Gasteiger partial charge in [-0.15, -0.1) is 5.10 Å². The number of rotatable bonds is 7. The van der Waals surface area contributed by atoms with E-state index >= 15 is 0 Å². The normalized spacial score (nSPS) is 10.9. The van der Waals surface area contributed by atoms with Gasteiger partial charge in [0.25, 0.3) is 0 Å². The summed E-state index contributed by atoms with van der Waals surface area (Å²) in [6.07, 6.45) is 3.95. The second-order valence-electron chi connectivity index (χ2n) is 4.26. The van der Waals surface area contributed by atoms with Crippen LogP contribution in [0.2, 0.25) is 0 Å². The minimum atomic E-state index is -1.10. The quantitative estimate of drug-likeness (QED) is 0.753. The smallest absolute Gasteiger partial charge is 0.358 e. The summed E-state index contributed by atoms with van der Waals surface area (Å²) >= 11 is 0. The highest BCUT2D eigenvalue weighted by Gasteiger charge is 2.22.